The SMILES string of the molecule is Cc1nn(C)c(Sc2ccc(C(C)(C)C)cc2)c1C=O. The van der Waals surface area contributed by atoms with Crippen molar-refractivity contribution in [3.8, 4) is 0 Å². The van der Waals surface area contributed by atoms with Crippen LogP contribution in [0.5, 0.6) is 0 Å². The highest BCUT2D eigenvalue weighted by molar-refractivity contribution is 7.99. The minimum atomic E-state index is 0.153. The second-order valence-corrected chi connectivity index (χ2v) is 6.98. The molecule has 0 N–H and O–H groups in total. The topological polar surface area (TPSA) is 34.9 Å². The van der Waals surface area contributed by atoms with Crippen LogP contribution in [-0.4, -0.2) is 16.1 Å². The molecule has 1 aromatic heterocycles. The molecule has 0 bridgehead atoms. The van der Waals surface area contributed by atoms with E-state index in [2.05, 4.69) is 50.1 Å². The molecule has 0 aliphatic carbocycles. The zero-order chi connectivity index (χ0) is 14.9. The number of hydrogen-bond donors (Lipinski definition) is 0. The Morgan fingerprint density at radius 1 is 1.20 bits per heavy atom. The maximum absolute atomic E-state index is 11.2. The van der Waals surface area contributed by atoms with Gasteiger partial charge < -0.3 is 0 Å². The van der Waals surface area contributed by atoms with Gasteiger partial charge in [0.15, 0.2) is 6.29 Å². The van der Waals surface area contributed by atoms with Crippen LogP contribution in [-0.2, 0) is 12.5 Å². The highest BCUT2D eigenvalue weighted by atomic mass is 32.2. The lowest BCUT2D eigenvalue weighted by molar-refractivity contribution is 0.112. The average molecular weight is 288 g/mol. The fourth-order valence-corrected chi connectivity index (χ4v) is 3.02. The summed E-state index contributed by atoms with van der Waals surface area (Å²) in [5.74, 6) is 0. The Labute approximate surface area is 124 Å². The molecule has 0 fully saturated rings. The van der Waals surface area contributed by atoms with Crippen LogP contribution >= 0.6 is 11.8 Å². The number of carbonyl (C=O) groups excluding carboxylic acids is 1. The van der Waals surface area contributed by atoms with Crippen LogP contribution in [0, 0.1) is 6.92 Å². The van der Waals surface area contributed by atoms with Gasteiger partial charge in [-0.15, -0.1) is 0 Å². The summed E-state index contributed by atoms with van der Waals surface area (Å²) in [4.78, 5) is 12.3. The summed E-state index contributed by atoms with van der Waals surface area (Å²) in [7, 11) is 1.87. The van der Waals surface area contributed by atoms with E-state index in [1.807, 2.05) is 14.0 Å². The first-order valence-electron chi connectivity index (χ1n) is 6.60. The third-order valence-corrected chi connectivity index (χ3v) is 4.45. The van der Waals surface area contributed by atoms with Crippen molar-refractivity contribution >= 4 is 18.0 Å². The van der Waals surface area contributed by atoms with Gasteiger partial charge in [-0.3, -0.25) is 9.48 Å². The Balaban J connectivity index is 2.29. The summed E-state index contributed by atoms with van der Waals surface area (Å²) in [6.07, 6.45) is 0.883. The molecule has 3 nitrogen and oxygen atoms in total. The van der Waals surface area contributed by atoms with Crippen LogP contribution in [0.3, 0.4) is 0 Å². The molecule has 20 heavy (non-hydrogen) atoms. The minimum Gasteiger partial charge on any atom is -0.298 e. The van der Waals surface area contributed by atoms with E-state index in [9.17, 15) is 4.79 Å². The predicted molar refractivity (Wildman–Crippen MR) is 82.6 cm³/mol. The normalized spacial score (nSPS) is 11.7. The Morgan fingerprint density at radius 3 is 2.30 bits per heavy atom. The molecule has 2 rings (SSSR count). The van der Waals surface area contributed by atoms with Crippen molar-refractivity contribution in [3.05, 3.63) is 41.1 Å². The zero-order valence-corrected chi connectivity index (χ0v) is 13.4. The largest absolute Gasteiger partial charge is 0.298 e. The number of rotatable bonds is 3. The van der Waals surface area contributed by atoms with Crippen LogP contribution in [0.1, 0.15) is 42.4 Å². The first kappa shape index (κ1) is 14.9. The Bertz CT molecular complexity index is 621. The van der Waals surface area contributed by atoms with Gasteiger partial charge in [0.05, 0.1) is 11.3 Å². The van der Waals surface area contributed by atoms with E-state index in [1.165, 1.54) is 5.56 Å². The van der Waals surface area contributed by atoms with E-state index in [4.69, 9.17) is 0 Å². The lowest BCUT2D eigenvalue weighted by Gasteiger charge is -2.19. The predicted octanol–water partition coefficient (Wildman–Crippen LogP) is 3.99. The molecule has 0 unspecified atom stereocenters. The van der Waals surface area contributed by atoms with E-state index < -0.39 is 0 Å². The number of benzene rings is 1. The number of hydrogen-bond acceptors (Lipinski definition) is 3. The van der Waals surface area contributed by atoms with Gasteiger partial charge in [0, 0.05) is 11.9 Å². The number of carbonyl (C=O) groups is 1. The molecular formula is C16H20N2OS. The monoisotopic (exact) mass is 288 g/mol. The van der Waals surface area contributed by atoms with Crippen molar-refractivity contribution in [2.24, 2.45) is 7.05 Å². The zero-order valence-electron chi connectivity index (χ0n) is 12.6. The van der Waals surface area contributed by atoms with Gasteiger partial charge in [0.2, 0.25) is 0 Å². The molecule has 0 saturated heterocycles. The first-order valence-corrected chi connectivity index (χ1v) is 7.41. The highest BCUT2D eigenvalue weighted by Gasteiger charge is 2.15. The second-order valence-electron chi connectivity index (χ2n) is 5.92. The van der Waals surface area contributed by atoms with Crippen LogP contribution in [0.4, 0.5) is 0 Å². The molecule has 1 aromatic carbocycles. The van der Waals surface area contributed by atoms with Crippen molar-refractivity contribution in [3.63, 3.8) is 0 Å². The summed E-state index contributed by atoms with van der Waals surface area (Å²) in [6, 6.07) is 8.49. The van der Waals surface area contributed by atoms with Crippen molar-refractivity contribution in [2.45, 2.75) is 43.0 Å². The van der Waals surface area contributed by atoms with Crippen LogP contribution in [0.25, 0.3) is 0 Å². The molecule has 0 amide bonds. The van der Waals surface area contributed by atoms with E-state index in [0.29, 0.717) is 5.56 Å². The van der Waals surface area contributed by atoms with Gasteiger partial charge in [-0.25, -0.2) is 0 Å². The summed E-state index contributed by atoms with van der Waals surface area (Å²) < 4.78 is 1.77. The van der Waals surface area contributed by atoms with Crippen LogP contribution in [0.15, 0.2) is 34.2 Å². The summed E-state index contributed by atoms with van der Waals surface area (Å²) >= 11 is 1.57. The third-order valence-electron chi connectivity index (χ3n) is 3.27. The fraction of sp³-hybridized carbons (Fsp3) is 0.375. The van der Waals surface area contributed by atoms with Crippen LogP contribution < -0.4 is 0 Å². The molecule has 2 aromatic rings. The van der Waals surface area contributed by atoms with E-state index in [0.717, 1.165) is 21.9 Å². The maximum Gasteiger partial charge on any atom is 0.154 e. The van der Waals surface area contributed by atoms with Gasteiger partial charge in [0.25, 0.3) is 0 Å². The van der Waals surface area contributed by atoms with Gasteiger partial charge in [-0.05, 0) is 30.0 Å². The lowest BCUT2D eigenvalue weighted by atomic mass is 9.87. The molecule has 0 aliphatic rings. The van der Waals surface area contributed by atoms with Gasteiger partial charge >= 0.3 is 0 Å². The number of nitrogens with zero attached hydrogens (tertiary/aromatic N) is 2. The van der Waals surface area contributed by atoms with E-state index in [-0.39, 0.29) is 5.41 Å². The molecular weight excluding hydrogens is 268 g/mol. The molecule has 1 heterocycles. The van der Waals surface area contributed by atoms with Gasteiger partial charge in [-0.1, -0.05) is 44.7 Å². The van der Waals surface area contributed by atoms with Crippen LogP contribution in [0.2, 0.25) is 0 Å². The number of aldehydes is 1. The Kier molecular flexibility index (Phi) is 4.04. The van der Waals surface area contributed by atoms with Crippen molar-refractivity contribution in [1.29, 1.82) is 0 Å². The first-order chi connectivity index (χ1) is 9.32. The number of aryl methyl sites for hydroxylation is 2. The van der Waals surface area contributed by atoms with Gasteiger partial charge in [-0.2, -0.15) is 5.10 Å². The Morgan fingerprint density at radius 2 is 1.80 bits per heavy atom. The van der Waals surface area contributed by atoms with Gasteiger partial charge in [0.1, 0.15) is 5.03 Å². The lowest BCUT2D eigenvalue weighted by Crippen LogP contribution is -2.10. The van der Waals surface area contributed by atoms with Crippen molar-refractivity contribution < 1.29 is 4.79 Å². The van der Waals surface area contributed by atoms with Crippen molar-refractivity contribution in [2.75, 3.05) is 0 Å². The Hall–Kier alpha value is -1.55. The summed E-state index contributed by atoms with van der Waals surface area (Å²) in [6.45, 7) is 8.45. The molecule has 0 spiro atoms. The quantitative estimate of drug-likeness (QED) is 0.801. The minimum absolute atomic E-state index is 0.153. The third kappa shape index (κ3) is 2.96. The summed E-state index contributed by atoms with van der Waals surface area (Å²) in [5.41, 5.74) is 2.91. The molecule has 0 saturated carbocycles. The molecule has 106 valence electrons. The number of aromatic nitrogens is 2. The van der Waals surface area contributed by atoms with Crippen molar-refractivity contribution in [1.82, 2.24) is 9.78 Å². The molecule has 0 radical (unpaired) electrons. The molecule has 0 atom stereocenters. The van der Waals surface area contributed by atoms with E-state index in [1.54, 1.807) is 16.4 Å². The summed E-state index contributed by atoms with van der Waals surface area (Å²) in [5, 5.41) is 5.19. The van der Waals surface area contributed by atoms with E-state index >= 15 is 0 Å². The standard InChI is InChI=1S/C16H20N2OS/c1-11-14(10-19)15(18(5)17-11)20-13-8-6-12(7-9-13)16(2,3)4/h6-10H,1-5H3. The average Bonchev–Trinajstić information content (AvgIpc) is 2.63. The second kappa shape index (κ2) is 5.44. The fourth-order valence-electron chi connectivity index (χ4n) is 2.04. The molecule has 0 aliphatic heterocycles. The molecule has 4 heteroatoms. The highest BCUT2D eigenvalue weighted by Crippen LogP contribution is 2.32. The maximum atomic E-state index is 11.2. The smallest absolute Gasteiger partial charge is 0.154 e.